The lowest BCUT2D eigenvalue weighted by molar-refractivity contribution is 0.0950. The molecule has 0 heterocycles. The molecular formula is C34H45NO2. The smallest absolute Gasteiger partial charge is 0.410 e. The number of carbonyl (C=O) groups is 1. The van der Waals surface area contributed by atoms with Crippen LogP contribution in [0.3, 0.4) is 0 Å². The van der Waals surface area contributed by atoms with Crippen LogP contribution in [0, 0.1) is 0 Å². The average molecular weight is 500 g/mol. The number of ether oxygens (including phenoxy) is 1. The summed E-state index contributed by atoms with van der Waals surface area (Å²) in [4.78, 5) is 15.2. The molecule has 0 unspecified atom stereocenters. The van der Waals surface area contributed by atoms with Crippen LogP contribution in [-0.4, -0.2) is 24.1 Å². The fourth-order valence-corrected chi connectivity index (χ4v) is 5.61. The van der Waals surface area contributed by atoms with Crippen molar-refractivity contribution >= 4 is 38.4 Å². The molecule has 0 aliphatic rings. The Hall–Kier alpha value is -2.81. The molecule has 0 aliphatic heterocycles. The number of amides is 1. The summed E-state index contributed by atoms with van der Waals surface area (Å²) in [5.41, 5.74) is 1.08. The van der Waals surface area contributed by atoms with Gasteiger partial charge in [0, 0.05) is 13.1 Å². The van der Waals surface area contributed by atoms with Crippen LogP contribution in [-0.2, 0) is 11.3 Å². The molecule has 0 fully saturated rings. The van der Waals surface area contributed by atoms with E-state index in [4.69, 9.17) is 4.74 Å². The number of hydrogen-bond acceptors (Lipinski definition) is 2. The number of hydrogen-bond donors (Lipinski definition) is 0. The van der Waals surface area contributed by atoms with Gasteiger partial charge in [-0.3, -0.25) is 0 Å². The lowest BCUT2D eigenvalue weighted by Gasteiger charge is -2.23. The highest BCUT2D eigenvalue weighted by molar-refractivity contribution is 6.23. The van der Waals surface area contributed by atoms with Gasteiger partial charge in [0.15, 0.2) is 0 Å². The molecule has 4 aromatic carbocycles. The number of carbonyl (C=O) groups excluding carboxylic acids is 1. The van der Waals surface area contributed by atoms with Crippen LogP contribution in [0.2, 0.25) is 0 Å². The van der Waals surface area contributed by atoms with Crippen molar-refractivity contribution in [1.82, 2.24) is 4.90 Å². The summed E-state index contributed by atoms with van der Waals surface area (Å²) in [5.74, 6) is 0. The quantitative estimate of drug-likeness (QED) is 0.113. The highest BCUT2D eigenvalue weighted by atomic mass is 16.6. The predicted molar refractivity (Wildman–Crippen MR) is 159 cm³/mol. The van der Waals surface area contributed by atoms with Crippen LogP contribution in [0.25, 0.3) is 32.3 Å². The van der Waals surface area contributed by atoms with Crippen molar-refractivity contribution in [3.8, 4) is 0 Å². The van der Waals surface area contributed by atoms with Crippen molar-refractivity contribution in [3.05, 3.63) is 60.2 Å². The van der Waals surface area contributed by atoms with Crippen molar-refractivity contribution in [2.45, 2.75) is 97.5 Å². The van der Waals surface area contributed by atoms with Crippen molar-refractivity contribution in [1.29, 1.82) is 0 Å². The van der Waals surface area contributed by atoms with Gasteiger partial charge in [-0.2, -0.15) is 0 Å². The molecule has 4 aromatic rings. The SMILES string of the molecule is CCCCCCCCN(CCCCCCCC)C(=O)OCc1ccc2ccc3cccc4ccc1c2c34. The lowest BCUT2D eigenvalue weighted by Crippen LogP contribution is -2.33. The fourth-order valence-electron chi connectivity index (χ4n) is 5.61. The number of unbranched alkanes of at least 4 members (excludes halogenated alkanes) is 10. The third-order valence-electron chi connectivity index (χ3n) is 7.79. The molecule has 3 heteroatoms. The third kappa shape index (κ3) is 7.15. The molecule has 0 N–H and O–H groups in total. The van der Waals surface area contributed by atoms with Crippen molar-refractivity contribution in [3.63, 3.8) is 0 Å². The van der Waals surface area contributed by atoms with Crippen molar-refractivity contribution < 1.29 is 9.53 Å². The highest BCUT2D eigenvalue weighted by Gasteiger charge is 2.16. The molecule has 0 saturated heterocycles. The number of benzene rings is 4. The first-order valence-electron chi connectivity index (χ1n) is 14.8. The van der Waals surface area contributed by atoms with E-state index in [1.165, 1.54) is 96.5 Å². The second kappa shape index (κ2) is 14.2. The maximum atomic E-state index is 13.2. The first kappa shape index (κ1) is 27.2. The number of nitrogens with zero attached hydrogens (tertiary/aromatic N) is 1. The minimum absolute atomic E-state index is 0.159. The summed E-state index contributed by atoms with van der Waals surface area (Å²) < 4.78 is 5.96. The Labute approximate surface area is 223 Å². The molecule has 0 saturated carbocycles. The maximum absolute atomic E-state index is 13.2. The molecule has 0 spiro atoms. The molecule has 1 amide bonds. The summed E-state index contributed by atoms with van der Waals surface area (Å²) >= 11 is 0. The van der Waals surface area contributed by atoms with Crippen LogP contribution in [0.15, 0.2) is 54.6 Å². The van der Waals surface area contributed by atoms with Gasteiger partial charge in [-0.1, -0.05) is 133 Å². The molecule has 0 atom stereocenters. The average Bonchev–Trinajstić information content (AvgIpc) is 2.93. The van der Waals surface area contributed by atoms with Gasteiger partial charge >= 0.3 is 6.09 Å². The molecule has 4 rings (SSSR count). The van der Waals surface area contributed by atoms with E-state index in [9.17, 15) is 4.79 Å². The standard InChI is InChI=1S/C34H45NO2/c1-3-5-7-9-11-13-24-35(25-14-12-10-8-6-4-2)34(36)37-26-30-21-20-29-19-18-27-16-15-17-28-22-23-31(30)33(29)32(27)28/h15-23H,3-14,24-26H2,1-2H3. The topological polar surface area (TPSA) is 29.5 Å². The summed E-state index contributed by atoms with van der Waals surface area (Å²) in [7, 11) is 0. The molecule has 0 aliphatic carbocycles. The summed E-state index contributed by atoms with van der Waals surface area (Å²) in [6, 6.07) is 19.5. The first-order valence-corrected chi connectivity index (χ1v) is 14.8. The Morgan fingerprint density at radius 3 is 1.76 bits per heavy atom. The monoisotopic (exact) mass is 499 g/mol. The van der Waals surface area contributed by atoms with Crippen molar-refractivity contribution in [2.24, 2.45) is 0 Å². The van der Waals surface area contributed by atoms with Gasteiger partial charge < -0.3 is 9.64 Å². The Bertz CT molecular complexity index is 1220. The predicted octanol–water partition coefficient (Wildman–Crippen LogP) is 10.2. The van der Waals surface area contributed by atoms with Gasteiger partial charge in [-0.25, -0.2) is 4.79 Å². The molecule has 3 nitrogen and oxygen atoms in total. The van der Waals surface area contributed by atoms with Gasteiger partial charge in [0.25, 0.3) is 0 Å². The highest BCUT2D eigenvalue weighted by Crippen LogP contribution is 2.36. The largest absolute Gasteiger partial charge is 0.445 e. The van der Waals surface area contributed by atoms with Gasteiger partial charge in [0.1, 0.15) is 6.61 Å². The van der Waals surface area contributed by atoms with E-state index in [2.05, 4.69) is 68.4 Å². The third-order valence-corrected chi connectivity index (χ3v) is 7.79. The maximum Gasteiger partial charge on any atom is 0.410 e. The van der Waals surface area contributed by atoms with Crippen LogP contribution in [0.5, 0.6) is 0 Å². The van der Waals surface area contributed by atoms with E-state index in [0.29, 0.717) is 6.61 Å². The van der Waals surface area contributed by atoms with Crippen molar-refractivity contribution in [2.75, 3.05) is 13.1 Å². The minimum Gasteiger partial charge on any atom is -0.445 e. The summed E-state index contributed by atoms with van der Waals surface area (Å²) in [6.45, 7) is 6.42. The van der Waals surface area contributed by atoms with E-state index in [-0.39, 0.29) is 6.09 Å². The van der Waals surface area contributed by atoms with E-state index in [0.717, 1.165) is 31.5 Å². The first-order chi connectivity index (χ1) is 18.2. The molecule has 198 valence electrons. The Kier molecular flexibility index (Phi) is 10.5. The van der Waals surface area contributed by atoms with E-state index >= 15 is 0 Å². The van der Waals surface area contributed by atoms with Crippen LogP contribution < -0.4 is 0 Å². The van der Waals surface area contributed by atoms with Crippen LogP contribution in [0.4, 0.5) is 4.79 Å². The van der Waals surface area contributed by atoms with Gasteiger partial charge in [-0.15, -0.1) is 0 Å². The van der Waals surface area contributed by atoms with E-state index < -0.39 is 0 Å². The Morgan fingerprint density at radius 2 is 1.14 bits per heavy atom. The van der Waals surface area contributed by atoms with E-state index in [1.54, 1.807) is 0 Å². The normalized spacial score (nSPS) is 11.6. The molecule has 37 heavy (non-hydrogen) atoms. The zero-order valence-electron chi connectivity index (χ0n) is 23.1. The van der Waals surface area contributed by atoms with E-state index in [1.807, 2.05) is 4.90 Å². The zero-order chi connectivity index (χ0) is 25.9. The summed E-state index contributed by atoms with van der Waals surface area (Å²) in [5, 5.41) is 7.52. The molecule has 0 bridgehead atoms. The molecular weight excluding hydrogens is 454 g/mol. The van der Waals surface area contributed by atoms with Gasteiger partial charge in [-0.05, 0) is 50.7 Å². The number of rotatable bonds is 16. The second-order valence-corrected chi connectivity index (χ2v) is 10.7. The zero-order valence-corrected chi connectivity index (χ0v) is 23.1. The second-order valence-electron chi connectivity index (χ2n) is 10.7. The lowest BCUT2D eigenvalue weighted by atomic mass is 9.92. The molecule has 0 aromatic heterocycles. The summed E-state index contributed by atoms with van der Waals surface area (Å²) in [6.07, 6.45) is 14.6. The fraction of sp³-hybridized carbons (Fsp3) is 0.500. The minimum atomic E-state index is -0.159. The van der Waals surface area contributed by atoms with Crippen LogP contribution >= 0.6 is 0 Å². The Morgan fingerprint density at radius 1 is 0.622 bits per heavy atom. The molecule has 0 radical (unpaired) electrons. The van der Waals surface area contributed by atoms with Crippen LogP contribution in [0.1, 0.15) is 96.5 Å². The Balaban J connectivity index is 1.40. The van der Waals surface area contributed by atoms with Gasteiger partial charge in [0.05, 0.1) is 0 Å². The van der Waals surface area contributed by atoms with Gasteiger partial charge in [0.2, 0.25) is 0 Å².